The number of nitrogens with zero attached hydrogens (tertiary/aromatic N) is 3. The van der Waals surface area contributed by atoms with Crippen LogP contribution in [0.5, 0.6) is 5.75 Å². The number of hydrogen-bond acceptors (Lipinski definition) is 6. The van der Waals surface area contributed by atoms with Crippen LogP contribution in [0.4, 0.5) is 21.8 Å². The van der Waals surface area contributed by atoms with Crippen LogP contribution in [0, 0.1) is 11.7 Å². The van der Waals surface area contributed by atoms with Gasteiger partial charge in [0.2, 0.25) is 11.9 Å². The van der Waals surface area contributed by atoms with Crippen LogP contribution < -0.4 is 20.3 Å². The fraction of sp³-hybridized carbons (Fsp3) is 0.320. The van der Waals surface area contributed by atoms with Crippen LogP contribution in [0.2, 0.25) is 0 Å². The van der Waals surface area contributed by atoms with E-state index < -0.39 is 0 Å². The van der Waals surface area contributed by atoms with Gasteiger partial charge in [0.25, 0.3) is 0 Å². The summed E-state index contributed by atoms with van der Waals surface area (Å²) in [6, 6.07) is 16.1. The summed E-state index contributed by atoms with van der Waals surface area (Å²) in [5.74, 6) is 1.66. The van der Waals surface area contributed by atoms with Crippen LogP contribution >= 0.6 is 0 Å². The minimum atomic E-state index is -0.240. The fourth-order valence-corrected chi connectivity index (χ4v) is 3.93. The first kappa shape index (κ1) is 22.5. The summed E-state index contributed by atoms with van der Waals surface area (Å²) in [5, 5.41) is 6.23. The van der Waals surface area contributed by atoms with Gasteiger partial charge in [-0.15, -0.1) is 0 Å². The van der Waals surface area contributed by atoms with Crippen molar-refractivity contribution in [1.29, 1.82) is 0 Å². The van der Waals surface area contributed by atoms with E-state index in [0.717, 1.165) is 30.8 Å². The highest BCUT2D eigenvalue weighted by Crippen LogP contribution is 2.23. The molecule has 1 atom stereocenters. The molecule has 33 heavy (non-hydrogen) atoms. The van der Waals surface area contributed by atoms with Gasteiger partial charge in [0, 0.05) is 31.5 Å². The second-order valence-corrected chi connectivity index (χ2v) is 8.01. The Morgan fingerprint density at radius 3 is 2.79 bits per heavy atom. The lowest BCUT2D eigenvalue weighted by molar-refractivity contribution is -0.125. The highest BCUT2D eigenvalue weighted by molar-refractivity contribution is 5.79. The summed E-state index contributed by atoms with van der Waals surface area (Å²) < 4.78 is 19.0. The molecule has 0 aliphatic carbocycles. The van der Waals surface area contributed by atoms with E-state index in [0.29, 0.717) is 36.8 Å². The molecule has 1 saturated heterocycles. The predicted molar refractivity (Wildman–Crippen MR) is 126 cm³/mol. The first-order chi connectivity index (χ1) is 16.1. The van der Waals surface area contributed by atoms with Gasteiger partial charge in [0.05, 0.1) is 13.0 Å². The molecule has 1 aliphatic rings. The van der Waals surface area contributed by atoms with E-state index in [2.05, 4.69) is 20.6 Å². The van der Waals surface area contributed by atoms with Crippen LogP contribution in [0.25, 0.3) is 0 Å². The SMILES string of the molecule is COc1ccc(Nc2ccnc(N3CCCC(C(=O)NCCc4ccccc4F)C3)n2)cc1. The molecule has 3 aromatic rings. The number of anilines is 3. The van der Waals surface area contributed by atoms with Gasteiger partial charge in [-0.3, -0.25) is 4.79 Å². The van der Waals surface area contributed by atoms with Crippen molar-refractivity contribution in [1.82, 2.24) is 15.3 Å². The molecule has 0 bridgehead atoms. The standard InChI is InChI=1S/C25H28FN5O2/c1-33-21-10-8-20(9-11-21)29-23-13-15-28-25(30-23)31-16-4-6-19(17-31)24(32)27-14-12-18-5-2-3-7-22(18)26/h2-3,5,7-11,13,15,19H,4,6,12,14,16-17H2,1H3,(H,27,32)(H,28,29,30). The minimum absolute atomic E-state index is 0.0106. The molecule has 1 aliphatic heterocycles. The number of ether oxygens (including phenoxy) is 1. The zero-order valence-electron chi connectivity index (χ0n) is 18.6. The van der Waals surface area contributed by atoms with Gasteiger partial charge in [-0.1, -0.05) is 18.2 Å². The molecule has 2 N–H and O–H groups in total. The van der Waals surface area contributed by atoms with E-state index in [-0.39, 0.29) is 17.6 Å². The molecular formula is C25H28FN5O2. The van der Waals surface area contributed by atoms with Gasteiger partial charge in [-0.25, -0.2) is 9.37 Å². The van der Waals surface area contributed by atoms with Crippen molar-refractivity contribution < 1.29 is 13.9 Å². The molecular weight excluding hydrogens is 421 g/mol. The largest absolute Gasteiger partial charge is 0.497 e. The van der Waals surface area contributed by atoms with Crippen molar-refractivity contribution in [2.45, 2.75) is 19.3 Å². The van der Waals surface area contributed by atoms with E-state index in [1.165, 1.54) is 6.07 Å². The van der Waals surface area contributed by atoms with E-state index in [4.69, 9.17) is 4.74 Å². The van der Waals surface area contributed by atoms with Gasteiger partial charge in [-0.2, -0.15) is 4.98 Å². The number of carbonyl (C=O) groups excluding carboxylic acids is 1. The Morgan fingerprint density at radius 1 is 1.18 bits per heavy atom. The average molecular weight is 450 g/mol. The maximum atomic E-state index is 13.8. The van der Waals surface area contributed by atoms with Crippen molar-refractivity contribution in [2.75, 3.05) is 37.0 Å². The zero-order valence-corrected chi connectivity index (χ0v) is 18.6. The first-order valence-corrected chi connectivity index (χ1v) is 11.1. The molecule has 4 rings (SSSR count). The molecule has 0 radical (unpaired) electrons. The third kappa shape index (κ3) is 5.97. The van der Waals surface area contributed by atoms with Gasteiger partial charge in [0.15, 0.2) is 0 Å². The summed E-state index contributed by atoms with van der Waals surface area (Å²) in [6.45, 7) is 1.76. The molecule has 7 nitrogen and oxygen atoms in total. The Hall–Kier alpha value is -3.68. The maximum Gasteiger partial charge on any atom is 0.227 e. The number of piperidine rings is 1. The van der Waals surface area contributed by atoms with Crippen molar-refractivity contribution >= 4 is 23.4 Å². The van der Waals surface area contributed by atoms with Crippen molar-refractivity contribution in [3.8, 4) is 5.75 Å². The summed E-state index contributed by atoms with van der Waals surface area (Å²) in [7, 11) is 1.63. The first-order valence-electron chi connectivity index (χ1n) is 11.1. The van der Waals surface area contributed by atoms with Gasteiger partial charge in [-0.05, 0) is 61.2 Å². The number of nitrogens with one attached hydrogen (secondary N) is 2. The lowest BCUT2D eigenvalue weighted by atomic mass is 9.97. The van der Waals surface area contributed by atoms with Crippen LogP contribution in [0.3, 0.4) is 0 Å². The summed E-state index contributed by atoms with van der Waals surface area (Å²) >= 11 is 0. The quantitative estimate of drug-likeness (QED) is 0.542. The lowest BCUT2D eigenvalue weighted by Crippen LogP contribution is -2.44. The fourth-order valence-electron chi connectivity index (χ4n) is 3.93. The number of benzene rings is 2. The second-order valence-electron chi connectivity index (χ2n) is 8.01. The maximum absolute atomic E-state index is 13.8. The number of hydrogen-bond donors (Lipinski definition) is 2. The van der Waals surface area contributed by atoms with Gasteiger partial charge < -0.3 is 20.3 Å². The highest BCUT2D eigenvalue weighted by atomic mass is 19.1. The molecule has 1 fully saturated rings. The molecule has 172 valence electrons. The third-order valence-electron chi connectivity index (χ3n) is 5.73. The van der Waals surface area contributed by atoms with Crippen LogP contribution in [0.1, 0.15) is 18.4 Å². The molecule has 1 aromatic heterocycles. The summed E-state index contributed by atoms with van der Waals surface area (Å²) in [6.07, 6.45) is 3.88. The number of halogens is 1. The molecule has 0 spiro atoms. The lowest BCUT2D eigenvalue weighted by Gasteiger charge is -2.32. The number of amides is 1. The highest BCUT2D eigenvalue weighted by Gasteiger charge is 2.27. The molecule has 1 amide bonds. The molecule has 2 heterocycles. The Kier molecular flexibility index (Phi) is 7.34. The predicted octanol–water partition coefficient (Wildman–Crippen LogP) is 3.94. The van der Waals surface area contributed by atoms with E-state index >= 15 is 0 Å². The monoisotopic (exact) mass is 449 g/mol. The number of carbonyl (C=O) groups is 1. The molecule has 1 unspecified atom stereocenters. The number of aromatic nitrogens is 2. The Bertz CT molecular complexity index is 1080. The Balaban J connectivity index is 1.33. The summed E-state index contributed by atoms with van der Waals surface area (Å²) in [4.78, 5) is 23.8. The van der Waals surface area contributed by atoms with E-state index in [1.807, 2.05) is 35.2 Å². The number of rotatable bonds is 8. The Morgan fingerprint density at radius 2 is 2.00 bits per heavy atom. The zero-order chi connectivity index (χ0) is 23.0. The Labute approximate surface area is 193 Å². The third-order valence-corrected chi connectivity index (χ3v) is 5.73. The second kappa shape index (κ2) is 10.8. The normalized spacial score (nSPS) is 15.7. The van der Waals surface area contributed by atoms with Crippen LogP contribution in [0.15, 0.2) is 60.8 Å². The molecule has 2 aromatic carbocycles. The topological polar surface area (TPSA) is 79.4 Å². The number of methoxy groups -OCH3 is 1. The van der Waals surface area contributed by atoms with E-state index in [1.54, 1.807) is 31.5 Å². The van der Waals surface area contributed by atoms with E-state index in [9.17, 15) is 9.18 Å². The van der Waals surface area contributed by atoms with Crippen molar-refractivity contribution in [2.24, 2.45) is 5.92 Å². The molecule has 0 saturated carbocycles. The van der Waals surface area contributed by atoms with Crippen molar-refractivity contribution in [3.05, 3.63) is 72.2 Å². The minimum Gasteiger partial charge on any atom is -0.497 e. The average Bonchev–Trinajstić information content (AvgIpc) is 2.86. The molecule has 8 heteroatoms. The van der Waals surface area contributed by atoms with Crippen LogP contribution in [-0.4, -0.2) is 42.6 Å². The van der Waals surface area contributed by atoms with Gasteiger partial charge >= 0.3 is 0 Å². The van der Waals surface area contributed by atoms with Gasteiger partial charge in [0.1, 0.15) is 17.4 Å². The van der Waals surface area contributed by atoms with Crippen LogP contribution in [-0.2, 0) is 11.2 Å². The summed E-state index contributed by atoms with van der Waals surface area (Å²) in [5.41, 5.74) is 1.50. The smallest absolute Gasteiger partial charge is 0.227 e. The van der Waals surface area contributed by atoms with Crippen molar-refractivity contribution in [3.63, 3.8) is 0 Å².